The van der Waals surface area contributed by atoms with E-state index >= 15 is 0 Å². The van der Waals surface area contributed by atoms with Crippen LogP contribution in [0.5, 0.6) is 0 Å². The quantitative estimate of drug-likeness (QED) is 0.680. The number of nitrogens with one attached hydrogen (secondary N) is 3. The Balaban J connectivity index is 2.98. The highest BCUT2D eigenvalue weighted by atomic mass is 32.2. The van der Waals surface area contributed by atoms with E-state index in [0.29, 0.717) is 12.1 Å². The van der Waals surface area contributed by atoms with Crippen LogP contribution < -0.4 is 10.0 Å². The van der Waals surface area contributed by atoms with Gasteiger partial charge in [0.1, 0.15) is 0 Å². The average molecular weight is 302 g/mol. The van der Waals surface area contributed by atoms with Gasteiger partial charge in [0, 0.05) is 23.8 Å². The molecule has 0 aliphatic carbocycles. The number of sulfonamides is 1. The Bertz CT molecular complexity index is 524. The van der Waals surface area contributed by atoms with Gasteiger partial charge in [0.15, 0.2) is 5.03 Å². The van der Waals surface area contributed by atoms with E-state index in [1.165, 1.54) is 0 Å². The molecule has 0 spiro atoms. The monoisotopic (exact) mass is 302 g/mol. The van der Waals surface area contributed by atoms with E-state index in [1.807, 2.05) is 34.6 Å². The van der Waals surface area contributed by atoms with E-state index in [9.17, 15) is 8.42 Å². The van der Waals surface area contributed by atoms with E-state index in [-0.39, 0.29) is 17.0 Å². The van der Waals surface area contributed by atoms with Gasteiger partial charge in [-0.3, -0.25) is 5.10 Å². The van der Waals surface area contributed by atoms with Gasteiger partial charge in [0.2, 0.25) is 0 Å². The fourth-order valence-corrected chi connectivity index (χ4v) is 3.43. The van der Waals surface area contributed by atoms with Gasteiger partial charge in [-0.1, -0.05) is 27.2 Å². The standard InChI is InChI=1S/C13H26N4O2S/c1-6-9(3)10(4)17-20(18,19)13-12(8-14-7-2)11(5)15-16-13/h9-10,14,17H,6-8H2,1-5H3,(H,15,16). The van der Waals surface area contributed by atoms with Crippen molar-refractivity contribution in [3.63, 3.8) is 0 Å². The summed E-state index contributed by atoms with van der Waals surface area (Å²) in [4.78, 5) is 0. The largest absolute Gasteiger partial charge is 0.313 e. The van der Waals surface area contributed by atoms with Crippen molar-refractivity contribution in [1.29, 1.82) is 0 Å². The number of hydrogen-bond donors (Lipinski definition) is 3. The number of rotatable bonds is 8. The van der Waals surface area contributed by atoms with Gasteiger partial charge in [-0.2, -0.15) is 5.10 Å². The molecule has 0 aliphatic rings. The van der Waals surface area contributed by atoms with Crippen LogP contribution in [0.1, 0.15) is 45.4 Å². The maximum atomic E-state index is 12.4. The lowest BCUT2D eigenvalue weighted by Crippen LogP contribution is -2.37. The third-order valence-electron chi connectivity index (χ3n) is 3.68. The number of aromatic nitrogens is 2. The fraction of sp³-hybridized carbons (Fsp3) is 0.769. The smallest absolute Gasteiger partial charge is 0.260 e. The normalized spacial score (nSPS) is 15.2. The van der Waals surface area contributed by atoms with Crippen LogP contribution in [-0.2, 0) is 16.6 Å². The molecule has 2 atom stereocenters. The van der Waals surface area contributed by atoms with E-state index in [4.69, 9.17) is 0 Å². The number of H-pyrrole nitrogens is 1. The maximum absolute atomic E-state index is 12.4. The Morgan fingerprint density at radius 1 is 1.30 bits per heavy atom. The summed E-state index contributed by atoms with van der Waals surface area (Å²) >= 11 is 0. The van der Waals surface area contributed by atoms with Crippen molar-refractivity contribution < 1.29 is 8.42 Å². The SMILES string of the molecule is CCNCc1c(S(=O)(=O)NC(C)C(C)CC)n[nH]c1C. The van der Waals surface area contributed by atoms with Crippen molar-refractivity contribution in [2.24, 2.45) is 5.92 Å². The fourth-order valence-electron chi connectivity index (χ4n) is 1.88. The van der Waals surface area contributed by atoms with E-state index in [1.54, 1.807) is 0 Å². The van der Waals surface area contributed by atoms with Crippen molar-refractivity contribution in [3.8, 4) is 0 Å². The molecular weight excluding hydrogens is 276 g/mol. The Morgan fingerprint density at radius 3 is 2.50 bits per heavy atom. The number of nitrogens with zero attached hydrogens (tertiary/aromatic N) is 1. The Labute approximate surface area is 121 Å². The third kappa shape index (κ3) is 4.04. The van der Waals surface area contributed by atoms with Gasteiger partial charge in [0.05, 0.1) is 0 Å². The minimum Gasteiger partial charge on any atom is -0.313 e. The molecule has 0 saturated carbocycles. The van der Waals surface area contributed by atoms with E-state index in [2.05, 4.69) is 20.2 Å². The summed E-state index contributed by atoms with van der Waals surface area (Å²) in [7, 11) is -3.59. The van der Waals surface area contributed by atoms with Crippen molar-refractivity contribution >= 4 is 10.0 Å². The maximum Gasteiger partial charge on any atom is 0.260 e. The highest BCUT2D eigenvalue weighted by molar-refractivity contribution is 7.89. The van der Waals surface area contributed by atoms with Crippen LogP contribution in [0.4, 0.5) is 0 Å². The Morgan fingerprint density at radius 2 is 1.95 bits per heavy atom. The topological polar surface area (TPSA) is 86.9 Å². The van der Waals surface area contributed by atoms with Crippen molar-refractivity contribution in [2.75, 3.05) is 6.54 Å². The molecule has 7 heteroatoms. The lowest BCUT2D eigenvalue weighted by Gasteiger charge is -2.19. The first-order chi connectivity index (χ1) is 9.33. The predicted molar refractivity (Wildman–Crippen MR) is 79.9 cm³/mol. The molecule has 0 fully saturated rings. The highest BCUT2D eigenvalue weighted by Gasteiger charge is 2.26. The minimum absolute atomic E-state index is 0.103. The summed E-state index contributed by atoms with van der Waals surface area (Å²) in [5, 5.41) is 9.96. The lowest BCUT2D eigenvalue weighted by atomic mass is 10.0. The van der Waals surface area contributed by atoms with Crippen molar-refractivity contribution in [1.82, 2.24) is 20.2 Å². The van der Waals surface area contributed by atoms with Crippen LogP contribution in [0.15, 0.2) is 5.03 Å². The molecule has 1 aromatic rings. The second kappa shape index (κ2) is 7.19. The number of hydrogen-bond acceptors (Lipinski definition) is 4. The molecule has 0 amide bonds. The zero-order valence-corrected chi connectivity index (χ0v) is 13.8. The molecule has 3 N–H and O–H groups in total. The molecule has 0 bridgehead atoms. The summed E-state index contributed by atoms with van der Waals surface area (Å²) in [5.41, 5.74) is 1.48. The first-order valence-corrected chi connectivity index (χ1v) is 8.58. The van der Waals surface area contributed by atoms with Crippen molar-refractivity contribution in [2.45, 2.75) is 58.7 Å². The molecule has 2 unspecified atom stereocenters. The zero-order valence-electron chi connectivity index (χ0n) is 12.9. The molecule has 6 nitrogen and oxygen atoms in total. The molecule has 1 rings (SSSR count). The molecule has 0 aromatic carbocycles. The predicted octanol–water partition coefficient (Wildman–Crippen LogP) is 1.54. The summed E-state index contributed by atoms with van der Waals surface area (Å²) < 4.78 is 27.6. The van der Waals surface area contributed by atoms with Gasteiger partial charge in [-0.05, 0) is 26.3 Å². The van der Waals surface area contributed by atoms with Gasteiger partial charge in [-0.25, -0.2) is 13.1 Å². The molecule has 0 radical (unpaired) electrons. The van der Waals surface area contributed by atoms with Crippen LogP contribution in [0, 0.1) is 12.8 Å². The van der Waals surface area contributed by atoms with Gasteiger partial charge >= 0.3 is 0 Å². The molecule has 0 saturated heterocycles. The molecule has 1 heterocycles. The number of aryl methyl sites for hydroxylation is 1. The first kappa shape index (κ1) is 17.1. The third-order valence-corrected chi connectivity index (χ3v) is 5.21. The molecule has 1 aromatic heterocycles. The molecular formula is C13H26N4O2S. The van der Waals surface area contributed by atoms with Crippen LogP contribution in [0.3, 0.4) is 0 Å². The summed E-state index contributed by atoms with van der Waals surface area (Å²) in [6.07, 6.45) is 0.924. The second-order valence-electron chi connectivity index (χ2n) is 5.21. The molecule has 116 valence electrons. The van der Waals surface area contributed by atoms with E-state index in [0.717, 1.165) is 18.7 Å². The van der Waals surface area contributed by atoms with Crippen LogP contribution in [0.25, 0.3) is 0 Å². The van der Waals surface area contributed by atoms with Gasteiger partial charge in [-0.15, -0.1) is 0 Å². The minimum atomic E-state index is -3.59. The summed E-state index contributed by atoms with van der Waals surface area (Å²) in [6, 6.07) is -0.117. The summed E-state index contributed by atoms with van der Waals surface area (Å²) in [5.74, 6) is 0.280. The zero-order chi connectivity index (χ0) is 15.3. The lowest BCUT2D eigenvalue weighted by molar-refractivity contribution is 0.433. The average Bonchev–Trinajstić information content (AvgIpc) is 2.76. The first-order valence-electron chi connectivity index (χ1n) is 7.10. The van der Waals surface area contributed by atoms with Gasteiger partial charge in [0.25, 0.3) is 10.0 Å². The molecule has 0 aliphatic heterocycles. The molecule has 20 heavy (non-hydrogen) atoms. The van der Waals surface area contributed by atoms with Crippen LogP contribution in [0.2, 0.25) is 0 Å². The van der Waals surface area contributed by atoms with Crippen LogP contribution in [-0.4, -0.2) is 31.2 Å². The second-order valence-corrected chi connectivity index (χ2v) is 6.84. The summed E-state index contributed by atoms with van der Waals surface area (Å²) in [6.45, 7) is 11.0. The Hall–Kier alpha value is -0.920. The van der Waals surface area contributed by atoms with Crippen LogP contribution >= 0.6 is 0 Å². The highest BCUT2D eigenvalue weighted by Crippen LogP contribution is 2.18. The Kier molecular flexibility index (Phi) is 6.16. The van der Waals surface area contributed by atoms with E-state index < -0.39 is 10.0 Å². The van der Waals surface area contributed by atoms with Crippen molar-refractivity contribution in [3.05, 3.63) is 11.3 Å². The number of aromatic amines is 1. The van der Waals surface area contributed by atoms with Gasteiger partial charge < -0.3 is 5.32 Å².